The van der Waals surface area contributed by atoms with E-state index in [1.807, 2.05) is 0 Å². The zero-order valence-electron chi connectivity index (χ0n) is 9.32. The number of sulfonamides is 1. The van der Waals surface area contributed by atoms with Gasteiger partial charge in [-0.05, 0) is 13.8 Å². The quantitative estimate of drug-likeness (QED) is 0.690. The van der Waals surface area contributed by atoms with Crippen molar-refractivity contribution in [3.63, 3.8) is 0 Å². The molecular formula is C9H19ClN2O2S. The molecule has 1 heterocycles. The molecule has 1 fully saturated rings. The molecule has 0 atom stereocenters. The molecule has 1 rings (SSSR count). The summed E-state index contributed by atoms with van der Waals surface area (Å²) in [5, 5.41) is -0.322. The predicted octanol–water partition coefficient (Wildman–Crippen LogP) is 0.581. The van der Waals surface area contributed by atoms with Crippen LogP contribution in [0.5, 0.6) is 0 Å². The highest BCUT2D eigenvalue weighted by Crippen LogP contribution is 2.12. The Morgan fingerprint density at radius 3 is 2.13 bits per heavy atom. The van der Waals surface area contributed by atoms with Crippen LogP contribution < -0.4 is 0 Å². The highest BCUT2D eigenvalue weighted by atomic mass is 35.5. The molecule has 1 aliphatic rings. The third-order valence-corrected chi connectivity index (χ3v) is 5.13. The first-order chi connectivity index (χ1) is 6.98. The van der Waals surface area contributed by atoms with E-state index in [4.69, 9.17) is 11.6 Å². The zero-order valence-corrected chi connectivity index (χ0v) is 10.9. The molecule has 1 saturated heterocycles. The molecule has 1 aliphatic heterocycles. The average molecular weight is 255 g/mol. The minimum atomic E-state index is -3.06. The van der Waals surface area contributed by atoms with Gasteiger partial charge in [0.15, 0.2) is 0 Å². The summed E-state index contributed by atoms with van der Waals surface area (Å²) in [6.07, 6.45) is 0. The lowest BCUT2D eigenvalue weighted by Gasteiger charge is -2.34. The van der Waals surface area contributed by atoms with Gasteiger partial charge in [0, 0.05) is 38.6 Å². The van der Waals surface area contributed by atoms with E-state index in [0.29, 0.717) is 19.0 Å². The minimum absolute atomic E-state index is 0.322. The smallest absolute Gasteiger partial charge is 0.216 e. The number of alkyl halides is 1. The Morgan fingerprint density at radius 1 is 1.20 bits per heavy atom. The minimum Gasteiger partial charge on any atom is -0.300 e. The fourth-order valence-electron chi connectivity index (χ4n) is 1.63. The Balaban J connectivity index is 2.51. The van der Waals surface area contributed by atoms with E-state index in [9.17, 15) is 8.42 Å². The monoisotopic (exact) mass is 254 g/mol. The lowest BCUT2D eigenvalue weighted by Crippen LogP contribution is -2.50. The third kappa shape index (κ3) is 3.31. The fraction of sp³-hybridized carbons (Fsp3) is 1.00. The summed E-state index contributed by atoms with van der Waals surface area (Å²) in [6, 6.07) is 0. The SMILES string of the molecule is CC(C)S(=O)(=O)N1CCN(CCCl)CC1. The summed E-state index contributed by atoms with van der Waals surface area (Å²) in [5.41, 5.74) is 0. The molecule has 0 bridgehead atoms. The molecule has 0 aliphatic carbocycles. The second kappa shape index (κ2) is 5.48. The second-order valence-electron chi connectivity index (χ2n) is 4.02. The van der Waals surface area contributed by atoms with Crippen LogP contribution >= 0.6 is 11.6 Å². The number of hydrogen-bond donors (Lipinski definition) is 0. The number of nitrogens with zero attached hydrogens (tertiary/aromatic N) is 2. The Labute approximate surface area is 97.2 Å². The highest BCUT2D eigenvalue weighted by molar-refractivity contribution is 7.89. The van der Waals surface area contributed by atoms with Gasteiger partial charge in [-0.2, -0.15) is 4.31 Å². The van der Waals surface area contributed by atoms with Gasteiger partial charge in [0.05, 0.1) is 5.25 Å². The Hall–Kier alpha value is 0.160. The number of piperazine rings is 1. The summed E-state index contributed by atoms with van der Waals surface area (Å²) in [6.45, 7) is 7.06. The van der Waals surface area contributed by atoms with Crippen LogP contribution in [0.1, 0.15) is 13.8 Å². The normalized spacial score (nSPS) is 21.1. The van der Waals surface area contributed by atoms with Crippen LogP contribution in [0, 0.1) is 0 Å². The summed E-state index contributed by atoms with van der Waals surface area (Å²) in [7, 11) is -3.06. The number of halogens is 1. The second-order valence-corrected chi connectivity index (χ2v) is 6.89. The molecule has 0 amide bonds. The van der Waals surface area contributed by atoms with Crippen LogP contribution in [0.2, 0.25) is 0 Å². The summed E-state index contributed by atoms with van der Waals surface area (Å²) in [4.78, 5) is 2.19. The summed E-state index contributed by atoms with van der Waals surface area (Å²) in [5.74, 6) is 0.608. The van der Waals surface area contributed by atoms with Gasteiger partial charge < -0.3 is 0 Å². The first kappa shape index (κ1) is 13.2. The lowest BCUT2D eigenvalue weighted by molar-refractivity contribution is 0.196. The van der Waals surface area contributed by atoms with Gasteiger partial charge in [0.25, 0.3) is 0 Å². The van der Waals surface area contributed by atoms with Crippen LogP contribution in [0.4, 0.5) is 0 Å². The van der Waals surface area contributed by atoms with Gasteiger partial charge in [0.2, 0.25) is 10.0 Å². The summed E-state index contributed by atoms with van der Waals surface area (Å²) < 4.78 is 25.2. The molecule has 15 heavy (non-hydrogen) atoms. The van der Waals surface area contributed by atoms with Gasteiger partial charge in [-0.1, -0.05) is 0 Å². The Kier molecular flexibility index (Phi) is 4.83. The van der Waals surface area contributed by atoms with E-state index in [0.717, 1.165) is 19.6 Å². The predicted molar refractivity (Wildman–Crippen MR) is 62.8 cm³/mol. The van der Waals surface area contributed by atoms with Crippen molar-refractivity contribution in [2.45, 2.75) is 19.1 Å². The maximum Gasteiger partial charge on any atom is 0.216 e. The van der Waals surface area contributed by atoms with Gasteiger partial charge in [0.1, 0.15) is 0 Å². The van der Waals surface area contributed by atoms with E-state index < -0.39 is 10.0 Å². The van der Waals surface area contributed by atoms with Crippen molar-refractivity contribution in [3.05, 3.63) is 0 Å². The molecule has 0 spiro atoms. The molecule has 90 valence electrons. The molecule has 4 nitrogen and oxygen atoms in total. The summed E-state index contributed by atoms with van der Waals surface area (Å²) >= 11 is 5.64. The van der Waals surface area contributed by atoms with Crippen LogP contribution in [0.25, 0.3) is 0 Å². The molecule has 0 saturated carbocycles. The molecular weight excluding hydrogens is 236 g/mol. The standard InChI is InChI=1S/C9H19ClN2O2S/c1-9(2)15(13,14)12-7-5-11(4-3-10)6-8-12/h9H,3-8H2,1-2H3. The van der Waals surface area contributed by atoms with Gasteiger partial charge in [-0.25, -0.2) is 8.42 Å². The van der Waals surface area contributed by atoms with Crippen molar-refractivity contribution in [1.82, 2.24) is 9.21 Å². The number of rotatable bonds is 4. The Bertz CT molecular complexity index is 284. The Morgan fingerprint density at radius 2 is 1.73 bits per heavy atom. The van der Waals surface area contributed by atoms with Gasteiger partial charge in [-0.15, -0.1) is 11.6 Å². The lowest BCUT2D eigenvalue weighted by atomic mass is 10.4. The topological polar surface area (TPSA) is 40.6 Å². The molecule has 0 radical (unpaired) electrons. The van der Waals surface area contributed by atoms with E-state index in [-0.39, 0.29) is 5.25 Å². The molecule has 0 unspecified atom stereocenters. The van der Waals surface area contributed by atoms with E-state index in [1.54, 1.807) is 18.2 Å². The van der Waals surface area contributed by atoms with Crippen LogP contribution in [-0.2, 0) is 10.0 Å². The van der Waals surface area contributed by atoms with Crippen LogP contribution in [0.15, 0.2) is 0 Å². The first-order valence-corrected chi connectivity index (χ1v) is 7.29. The van der Waals surface area contributed by atoms with Crippen LogP contribution in [0.3, 0.4) is 0 Å². The first-order valence-electron chi connectivity index (χ1n) is 5.25. The maximum absolute atomic E-state index is 11.8. The van der Waals surface area contributed by atoms with Gasteiger partial charge >= 0.3 is 0 Å². The fourth-order valence-corrected chi connectivity index (χ4v) is 3.13. The van der Waals surface area contributed by atoms with Crippen molar-refractivity contribution in [2.75, 3.05) is 38.6 Å². The van der Waals surface area contributed by atoms with Crippen molar-refractivity contribution >= 4 is 21.6 Å². The van der Waals surface area contributed by atoms with Gasteiger partial charge in [-0.3, -0.25) is 4.90 Å². The molecule has 0 aromatic carbocycles. The molecule has 0 N–H and O–H groups in total. The maximum atomic E-state index is 11.8. The molecule has 6 heteroatoms. The highest BCUT2D eigenvalue weighted by Gasteiger charge is 2.28. The van der Waals surface area contributed by atoms with Crippen LogP contribution in [-0.4, -0.2) is 61.5 Å². The largest absolute Gasteiger partial charge is 0.300 e. The van der Waals surface area contributed by atoms with Crippen molar-refractivity contribution < 1.29 is 8.42 Å². The van der Waals surface area contributed by atoms with Crippen molar-refractivity contribution in [2.24, 2.45) is 0 Å². The zero-order chi connectivity index (χ0) is 11.5. The average Bonchev–Trinajstić information content (AvgIpc) is 2.19. The van der Waals surface area contributed by atoms with E-state index >= 15 is 0 Å². The van der Waals surface area contributed by atoms with Crippen molar-refractivity contribution in [1.29, 1.82) is 0 Å². The molecule has 0 aromatic rings. The number of hydrogen-bond acceptors (Lipinski definition) is 3. The van der Waals surface area contributed by atoms with E-state index in [2.05, 4.69) is 4.90 Å². The van der Waals surface area contributed by atoms with Crippen molar-refractivity contribution in [3.8, 4) is 0 Å². The third-order valence-electron chi connectivity index (χ3n) is 2.69. The van der Waals surface area contributed by atoms with E-state index in [1.165, 1.54) is 0 Å². The molecule has 0 aromatic heterocycles.